The van der Waals surface area contributed by atoms with Crippen LogP contribution >= 0.6 is 0 Å². The summed E-state index contributed by atoms with van der Waals surface area (Å²) in [5.74, 6) is -1.92. The van der Waals surface area contributed by atoms with Crippen molar-refractivity contribution in [3.05, 3.63) is 47.3 Å². The summed E-state index contributed by atoms with van der Waals surface area (Å²) in [6.07, 6.45) is 1.25. The zero-order valence-electron chi connectivity index (χ0n) is 13.5. The molecule has 1 N–H and O–H groups in total. The van der Waals surface area contributed by atoms with Crippen molar-refractivity contribution in [2.75, 3.05) is 13.1 Å². The number of nitrogens with zero attached hydrogens (tertiary/aromatic N) is 3. The minimum atomic E-state index is -2.36. The third kappa shape index (κ3) is 2.66. The number of halogens is 1. The van der Waals surface area contributed by atoms with Gasteiger partial charge in [0.1, 0.15) is 0 Å². The van der Waals surface area contributed by atoms with Gasteiger partial charge in [-0.3, -0.25) is 4.79 Å². The Balaban J connectivity index is 1.86. The Labute approximate surface area is 138 Å². The number of rotatable bonds is 3. The Kier molecular flexibility index (Phi) is 3.87. The van der Waals surface area contributed by atoms with Crippen LogP contribution in [0.4, 0.5) is 4.39 Å². The Morgan fingerprint density at radius 2 is 2.08 bits per heavy atom. The minimum Gasteiger partial charge on any atom is -0.479 e. The molecule has 1 unspecified atom stereocenters. The summed E-state index contributed by atoms with van der Waals surface area (Å²) in [7, 11) is 0. The van der Waals surface area contributed by atoms with Gasteiger partial charge >= 0.3 is 5.97 Å². The van der Waals surface area contributed by atoms with Crippen LogP contribution in [0.5, 0.6) is 0 Å². The van der Waals surface area contributed by atoms with Gasteiger partial charge in [-0.15, -0.1) is 0 Å². The number of carbonyl (C=O) groups is 2. The van der Waals surface area contributed by atoms with Gasteiger partial charge in [-0.1, -0.05) is 12.1 Å². The Bertz CT molecular complexity index is 817. The number of alkyl halides is 1. The normalized spacial score (nSPS) is 20.4. The standard InChI is InChI=1S/C17H18FN3O3/c1-11-4-3-5-13(8-11)21-12(2)14(9-19-21)15(22)20-7-6-17(18,10-20)16(23)24/h3-5,8-9H,6-7,10H2,1-2H3,(H,23,24). The van der Waals surface area contributed by atoms with E-state index in [1.54, 1.807) is 11.6 Å². The molecule has 1 amide bonds. The molecular weight excluding hydrogens is 313 g/mol. The summed E-state index contributed by atoms with van der Waals surface area (Å²) in [6, 6.07) is 7.69. The molecule has 24 heavy (non-hydrogen) atoms. The minimum absolute atomic E-state index is 0.0801. The van der Waals surface area contributed by atoms with Gasteiger partial charge in [0.15, 0.2) is 0 Å². The van der Waals surface area contributed by atoms with Crippen molar-refractivity contribution in [2.45, 2.75) is 25.9 Å². The van der Waals surface area contributed by atoms with Crippen molar-refractivity contribution in [3.63, 3.8) is 0 Å². The molecule has 0 radical (unpaired) electrons. The van der Waals surface area contributed by atoms with E-state index in [0.29, 0.717) is 11.3 Å². The number of amides is 1. The van der Waals surface area contributed by atoms with E-state index in [1.807, 2.05) is 31.2 Å². The predicted octanol–water partition coefficient (Wildman–Crippen LogP) is 2.13. The summed E-state index contributed by atoms with van der Waals surface area (Å²) >= 11 is 0. The smallest absolute Gasteiger partial charge is 0.343 e. The molecule has 1 saturated heterocycles. The highest BCUT2D eigenvalue weighted by Gasteiger charge is 2.47. The fourth-order valence-corrected chi connectivity index (χ4v) is 2.93. The van der Waals surface area contributed by atoms with Gasteiger partial charge in [0.25, 0.3) is 5.91 Å². The Hall–Kier alpha value is -2.70. The molecule has 3 rings (SSSR count). The van der Waals surface area contributed by atoms with Crippen LogP contribution in [0, 0.1) is 13.8 Å². The van der Waals surface area contributed by atoms with Gasteiger partial charge in [0.2, 0.25) is 5.67 Å². The van der Waals surface area contributed by atoms with E-state index in [0.717, 1.165) is 11.3 Å². The van der Waals surface area contributed by atoms with Gasteiger partial charge in [-0.05, 0) is 31.5 Å². The van der Waals surface area contributed by atoms with Crippen LogP contribution in [-0.2, 0) is 4.79 Å². The topological polar surface area (TPSA) is 75.4 Å². The van der Waals surface area contributed by atoms with E-state index in [1.165, 1.54) is 11.1 Å². The lowest BCUT2D eigenvalue weighted by Crippen LogP contribution is -2.39. The lowest BCUT2D eigenvalue weighted by Gasteiger charge is -2.17. The molecule has 0 spiro atoms. The van der Waals surface area contributed by atoms with Crippen LogP contribution in [0.15, 0.2) is 30.5 Å². The molecule has 126 valence electrons. The van der Waals surface area contributed by atoms with Crippen molar-refractivity contribution >= 4 is 11.9 Å². The van der Waals surface area contributed by atoms with Gasteiger partial charge < -0.3 is 10.0 Å². The zero-order valence-corrected chi connectivity index (χ0v) is 13.5. The molecule has 1 aromatic carbocycles. The predicted molar refractivity (Wildman–Crippen MR) is 85.0 cm³/mol. The molecule has 1 aliphatic heterocycles. The number of hydrogen-bond acceptors (Lipinski definition) is 3. The highest BCUT2D eigenvalue weighted by atomic mass is 19.1. The summed E-state index contributed by atoms with van der Waals surface area (Å²) in [6.45, 7) is 3.37. The number of carboxylic acids is 1. The number of aromatic nitrogens is 2. The molecule has 7 heteroatoms. The van der Waals surface area contributed by atoms with Gasteiger partial charge in [-0.25, -0.2) is 13.9 Å². The lowest BCUT2D eigenvalue weighted by molar-refractivity contribution is -0.149. The molecule has 0 bridgehead atoms. The molecule has 2 aromatic rings. The first-order chi connectivity index (χ1) is 11.3. The molecule has 2 heterocycles. The Morgan fingerprint density at radius 3 is 2.71 bits per heavy atom. The van der Waals surface area contributed by atoms with E-state index in [-0.39, 0.29) is 13.0 Å². The number of carboxylic acid groups (broad SMARTS) is 1. The second-order valence-electron chi connectivity index (χ2n) is 6.14. The van der Waals surface area contributed by atoms with Crippen molar-refractivity contribution in [1.29, 1.82) is 0 Å². The third-order valence-electron chi connectivity index (χ3n) is 4.38. The summed E-state index contributed by atoms with van der Waals surface area (Å²) in [5.41, 5.74) is 0.524. The molecule has 1 aliphatic rings. The second kappa shape index (κ2) is 5.74. The number of aliphatic carboxylic acids is 1. The average molecular weight is 331 g/mol. The quantitative estimate of drug-likeness (QED) is 0.935. The summed E-state index contributed by atoms with van der Waals surface area (Å²) in [5, 5.41) is 13.2. The van der Waals surface area contributed by atoms with Crippen molar-refractivity contribution in [1.82, 2.24) is 14.7 Å². The van der Waals surface area contributed by atoms with Crippen LogP contribution < -0.4 is 0 Å². The summed E-state index contributed by atoms with van der Waals surface area (Å²) in [4.78, 5) is 24.8. The monoisotopic (exact) mass is 331 g/mol. The molecule has 6 nitrogen and oxygen atoms in total. The molecular formula is C17H18FN3O3. The highest BCUT2D eigenvalue weighted by molar-refractivity contribution is 5.96. The van der Waals surface area contributed by atoms with Gasteiger partial charge in [0, 0.05) is 13.0 Å². The number of aryl methyl sites for hydroxylation is 1. The SMILES string of the molecule is Cc1cccc(-n2ncc(C(=O)N3CCC(F)(C(=O)O)C3)c2C)c1. The first-order valence-electron chi connectivity index (χ1n) is 7.65. The van der Waals surface area contributed by atoms with Crippen molar-refractivity contribution < 1.29 is 19.1 Å². The molecule has 1 aromatic heterocycles. The maximum atomic E-state index is 14.2. The third-order valence-corrected chi connectivity index (χ3v) is 4.38. The fourth-order valence-electron chi connectivity index (χ4n) is 2.93. The van der Waals surface area contributed by atoms with Crippen LogP contribution in [0.3, 0.4) is 0 Å². The average Bonchev–Trinajstić information content (AvgIpc) is 3.11. The first kappa shape index (κ1) is 16.2. The highest BCUT2D eigenvalue weighted by Crippen LogP contribution is 2.28. The molecule has 0 aliphatic carbocycles. The van der Waals surface area contributed by atoms with E-state index in [9.17, 15) is 14.0 Å². The molecule has 1 fully saturated rings. The maximum absolute atomic E-state index is 14.2. The van der Waals surface area contributed by atoms with E-state index in [2.05, 4.69) is 5.10 Å². The lowest BCUT2D eigenvalue weighted by atomic mass is 10.1. The van der Waals surface area contributed by atoms with Crippen LogP contribution in [0.2, 0.25) is 0 Å². The van der Waals surface area contributed by atoms with Crippen LogP contribution in [-0.4, -0.2) is 50.4 Å². The van der Waals surface area contributed by atoms with Crippen molar-refractivity contribution in [2.24, 2.45) is 0 Å². The van der Waals surface area contributed by atoms with E-state index < -0.39 is 24.1 Å². The first-order valence-corrected chi connectivity index (χ1v) is 7.65. The molecule has 0 saturated carbocycles. The fraction of sp³-hybridized carbons (Fsp3) is 0.353. The number of hydrogen-bond donors (Lipinski definition) is 1. The maximum Gasteiger partial charge on any atom is 0.343 e. The Morgan fingerprint density at radius 1 is 1.33 bits per heavy atom. The van der Waals surface area contributed by atoms with E-state index >= 15 is 0 Å². The van der Waals surface area contributed by atoms with Gasteiger partial charge in [0.05, 0.1) is 29.7 Å². The largest absolute Gasteiger partial charge is 0.479 e. The number of likely N-dealkylation sites (tertiary alicyclic amines) is 1. The van der Waals surface area contributed by atoms with Crippen LogP contribution in [0.1, 0.15) is 28.0 Å². The number of benzene rings is 1. The zero-order chi connectivity index (χ0) is 17.5. The number of carbonyl (C=O) groups excluding carboxylic acids is 1. The van der Waals surface area contributed by atoms with Crippen molar-refractivity contribution in [3.8, 4) is 5.69 Å². The van der Waals surface area contributed by atoms with Gasteiger partial charge in [-0.2, -0.15) is 5.10 Å². The second-order valence-corrected chi connectivity index (χ2v) is 6.14. The summed E-state index contributed by atoms with van der Waals surface area (Å²) < 4.78 is 15.8. The molecule has 1 atom stereocenters. The van der Waals surface area contributed by atoms with Crippen LogP contribution in [0.25, 0.3) is 5.69 Å². The van der Waals surface area contributed by atoms with E-state index in [4.69, 9.17) is 5.11 Å².